The third kappa shape index (κ3) is 7.38. The van der Waals surface area contributed by atoms with Gasteiger partial charge in [0.2, 0.25) is 6.36 Å². The molecule has 254 valence electrons. The fourth-order valence-electron chi connectivity index (χ4n) is 5.39. The highest BCUT2D eigenvalue weighted by Gasteiger charge is 2.35. The summed E-state index contributed by atoms with van der Waals surface area (Å²) < 4.78 is 53.4. The molecule has 4 aromatic heterocycles. The number of amides is 1. The van der Waals surface area contributed by atoms with Gasteiger partial charge >= 0.3 is 6.61 Å². The number of alkyl halides is 3. The third-order valence-corrected chi connectivity index (χ3v) is 7.97. The molecule has 6 rings (SSSR count). The molecule has 15 nitrogen and oxygen atoms in total. The van der Waals surface area contributed by atoms with Crippen LogP contribution in [0, 0.1) is 0 Å². The van der Waals surface area contributed by atoms with Gasteiger partial charge in [-0.25, -0.2) is 13.9 Å². The van der Waals surface area contributed by atoms with E-state index in [1.165, 1.54) is 52.9 Å². The van der Waals surface area contributed by atoms with Crippen LogP contribution in [0.15, 0.2) is 49.1 Å². The second-order valence-electron chi connectivity index (χ2n) is 11.8. The maximum absolute atomic E-state index is 13.7. The number of hydrogen-bond acceptors (Lipinski definition) is 11. The molecule has 48 heavy (non-hydrogen) atoms. The van der Waals surface area contributed by atoms with E-state index in [-0.39, 0.29) is 46.6 Å². The first-order chi connectivity index (χ1) is 23.0. The summed E-state index contributed by atoms with van der Waals surface area (Å²) in [5, 5.41) is 24.5. The Morgan fingerprint density at radius 2 is 1.94 bits per heavy atom. The molecule has 1 aromatic carbocycles. The molecule has 18 heteroatoms. The molecule has 1 aliphatic rings. The summed E-state index contributed by atoms with van der Waals surface area (Å²) in [6.45, 7) is -0.0145. The minimum Gasteiger partial charge on any atom is -0.461 e. The summed E-state index contributed by atoms with van der Waals surface area (Å²) in [5.41, 5.74) is 0.680. The zero-order valence-corrected chi connectivity index (χ0v) is 26.7. The van der Waals surface area contributed by atoms with Crippen molar-refractivity contribution in [2.24, 2.45) is 0 Å². The molecule has 1 fully saturated rings. The summed E-state index contributed by atoms with van der Waals surface area (Å²) >= 11 is 0. The number of tetrazole rings is 1. The number of benzene rings is 1. The molecule has 0 bridgehead atoms. The molecule has 1 amide bonds. The number of rotatable bonds is 14. The Balaban J connectivity index is 1.28. The molecule has 1 aliphatic carbocycles. The van der Waals surface area contributed by atoms with E-state index in [9.17, 15) is 18.0 Å². The maximum atomic E-state index is 13.7. The van der Waals surface area contributed by atoms with Crippen molar-refractivity contribution < 1.29 is 27.4 Å². The molecular formula is C30H35F3N12O3. The maximum Gasteiger partial charge on any atom is 0.387 e. The van der Waals surface area contributed by atoms with Gasteiger partial charge in [-0.2, -0.15) is 23.8 Å². The number of aromatic nitrogens is 9. The highest BCUT2D eigenvalue weighted by Crippen LogP contribution is 2.38. The minimum atomic E-state index is -3.17. The van der Waals surface area contributed by atoms with E-state index in [1.807, 2.05) is 14.1 Å². The first-order valence-electron chi connectivity index (χ1n) is 15.2. The van der Waals surface area contributed by atoms with E-state index in [4.69, 9.17) is 9.47 Å². The average molecular weight is 669 g/mol. The molecule has 5 aromatic rings. The van der Waals surface area contributed by atoms with Crippen molar-refractivity contribution in [3.63, 3.8) is 0 Å². The fourth-order valence-corrected chi connectivity index (χ4v) is 5.39. The lowest BCUT2D eigenvalue weighted by molar-refractivity contribution is -0.0495. The van der Waals surface area contributed by atoms with E-state index in [1.54, 1.807) is 17.1 Å². The average Bonchev–Trinajstić information content (AvgIpc) is 3.75. The number of carbonyl (C=O) groups is 1. The van der Waals surface area contributed by atoms with E-state index in [0.717, 1.165) is 25.9 Å². The number of ether oxygens (including phenoxy) is 2. The fraction of sp³-hybridized carbons (Fsp3) is 0.433. The number of fused-ring (bicyclic) bond motifs is 1. The number of carbonyl (C=O) groups excluding carboxylic acids is 1. The summed E-state index contributed by atoms with van der Waals surface area (Å²) in [6.07, 6.45) is 6.13. The Hall–Kier alpha value is -5.10. The largest absolute Gasteiger partial charge is 0.461 e. The summed E-state index contributed by atoms with van der Waals surface area (Å²) in [5.74, 6) is -0.451. The molecule has 0 radical (unpaired) electrons. The number of hydrogen-bond donors (Lipinski definition) is 1. The number of nitrogens with one attached hydrogen (secondary N) is 1. The lowest BCUT2D eigenvalue weighted by atomic mass is 9.86. The summed E-state index contributed by atoms with van der Waals surface area (Å²) in [7, 11) is 6.21. The molecule has 1 unspecified atom stereocenters. The molecule has 0 aliphatic heterocycles. The molecular weight excluding hydrogens is 633 g/mol. The molecule has 1 saturated carbocycles. The SMILES string of the molecule is CC(F)Oc1ccc(OC(F)F)c(-c2nn(Cc3nnn([C@H]4C[C@H](N(C)CCN(C)C)C4)n3)cc2NC(=O)c2cnn3cccnc23)c1. The van der Waals surface area contributed by atoms with Crippen LogP contribution in [0.2, 0.25) is 0 Å². The van der Waals surface area contributed by atoms with Crippen molar-refractivity contribution in [3.8, 4) is 22.8 Å². The molecule has 1 N–H and O–H groups in total. The van der Waals surface area contributed by atoms with Crippen LogP contribution in [-0.2, 0) is 6.54 Å². The van der Waals surface area contributed by atoms with Crippen molar-refractivity contribution in [2.75, 3.05) is 39.5 Å². The standard InChI is InChI=1S/C30H35F3N12O3/c1-18(31)47-21-6-7-25(48-30(32)33)22(14-21)27-24(36-29(46)23-15-35-44-9-5-8-34-28(23)44)16-43(39-27)17-26-37-40-45(38-26)20-12-19(13-20)42(4)11-10-41(2)3/h5-9,14-16,18-20,30H,10-13,17H2,1-4H3,(H,36,46)/t18?,19-,20-. The van der Waals surface area contributed by atoms with E-state index < -0.39 is 18.9 Å². The second-order valence-corrected chi connectivity index (χ2v) is 11.8. The van der Waals surface area contributed by atoms with Crippen LogP contribution in [0.3, 0.4) is 0 Å². The smallest absolute Gasteiger partial charge is 0.387 e. The predicted molar refractivity (Wildman–Crippen MR) is 167 cm³/mol. The van der Waals surface area contributed by atoms with Crippen LogP contribution in [-0.4, -0.2) is 114 Å². The van der Waals surface area contributed by atoms with Gasteiger partial charge in [-0.05, 0) is 63.5 Å². The molecule has 0 spiro atoms. The summed E-state index contributed by atoms with van der Waals surface area (Å²) in [4.78, 5) is 23.8. The number of anilines is 1. The van der Waals surface area contributed by atoms with Crippen LogP contribution in [0.5, 0.6) is 11.5 Å². The van der Waals surface area contributed by atoms with Gasteiger partial charge in [0.1, 0.15) is 29.3 Å². The highest BCUT2D eigenvalue weighted by atomic mass is 19.3. The van der Waals surface area contributed by atoms with Crippen molar-refractivity contribution >= 4 is 17.2 Å². The van der Waals surface area contributed by atoms with Gasteiger partial charge in [0.15, 0.2) is 11.5 Å². The van der Waals surface area contributed by atoms with Gasteiger partial charge < -0.3 is 24.6 Å². The van der Waals surface area contributed by atoms with Gasteiger partial charge in [-0.3, -0.25) is 9.48 Å². The number of nitrogens with zero attached hydrogens (tertiary/aromatic N) is 11. The lowest BCUT2D eigenvalue weighted by Crippen LogP contribution is -2.46. The first kappa shape index (κ1) is 32.8. The summed E-state index contributed by atoms with van der Waals surface area (Å²) in [6, 6.07) is 6.03. The van der Waals surface area contributed by atoms with Gasteiger partial charge in [0.25, 0.3) is 5.91 Å². The molecule has 1 atom stereocenters. The first-order valence-corrected chi connectivity index (χ1v) is 15.2. The van der Waals surface area contributed by atoms with Crippen LogP contribution < -0.4 is 14.8 Å². The number of halogens is 3. The van der Waals surface area contributed by atoms with Gasteiger partial charge in [0, 0.05) is 44.6 Å². The van der Waals surface area contributed by atoms with E-state index in [2.05, 4.69) is 52.8 Å². The highest BCUT2D eigenvalue weighted by molar-refractivity contribution is 6.09. The zero-order valence-electron chi connectivity index (χ0n) is 26.7. The van der Waals surface area contributed by atoms with Crippen LogP contribution in [0.4, 0.5) is 18.9 Å². The van der Waals surface area contributed by atoms with Crippen molar-refractivity contribution in [1.29, 1.82) is 0 Å². The Kier molecular flexibility index (Phi) is 9.54. The zero-order chi connectivity index (χ0) is 33.9. The molecule has 0 saturated heterocycles. The van der Waals surface area contributed by atoms with Gasteiger partial charge in [0.05, 0.1) is 23.5 Å². The van der Waals surface area contributed by atoms with E-state index in [0.29, 0.717) is 17.5 Å². The lowest BCUT2D eigenvalue weighted by Gasteiger charge is -2.40. The van der Waals surface area contributed by atoms with Gasteiger partial charge in [-0.1, -0.05) is 0 Å². The Labute approximate surface area is 273 Å². The topological polar surface area (TPSA) is 146 Å². The van der Waals surface area contributed by atoms with Gasteiger partial charge in [-0.15, -0.1) is 10.2 Å². The van der Waals surface area contributed by atoms with Crippen LogP contribution in [0.1, 0.15) is 42.0 Å². The van der Waals surface area contributed by atoms with E-state index >= 15 is 0 Å². The van der Waals surface area contributed by atoms with Crippen molar-refractivity contribution in [1.82, 2.24) is 54.4 Å². The third-order valence-electron chi connectivity index (χ3n) is 7.97. The second kappa shape index (κ2) is 13.9. The Morgan fingerprint density at radius 1 is 1.12 bits per heavy atom. The minimum absolute atomic E-state index is 0.0241. The predicted octanol–water partition coefficient (Wildman–Crippen LogP) is 3.37. The van der Waals surface area contributed by atoms with Crippen LogP contribution >= 0.6 is 0 Å². The Bertz CT molecular complexity index is 1870. The normalized spacial score (nSPS) is 16.9. The molecule has 4 heterocycles. The Morgan fingerprint density at radius 3 is 2.69 bits per heavy atom. The van der Waals surface area contributed by atoms with Crippen LogP contribution in [0.25, 0.3) is 16.9 Å². The van der Waals surface area contributed by atoms with Crippen molar-refractivity contribution in [2.45, 2.75) is 51.4 Å². The van der Waals surface area contributed by atoms with Crippen molar-refractivity contribution in [3.05, 3.63) is 60.4 Å². The number of likely N-dealkylation sites (N-methyl/N-ethyl adjacent to an activating group) is 2. The quantitative estimate of drug-likeness (QED) is 0.186. The monoisotopic (exact) mass is 668 g/mol.